The van der Waals surface area contributed by atoms with Crippen LogP contribution in [-0.2, 0) is 6.18 Å². The molecule has 0 saturated carbocycles. The van der Waals surface area contributed by atoms with E-state index in [9.17, 15) is 18.3 Å². The lowest BCUT2D eigenvalue weighted by Crippen LogP contribution is -2.05. The van der Waals surface area contributed by atoms with Crippen LogP contribution in [0.15, 0.2) is 36.5 Å². The molecule has 6 heteroatoms. The number of alkyl halides is 3. The summed E-state index contributed by atoms with van der Waals surface area (Å²) in [6, 6.07) is 6.57. The van der Waals surface area contributed by atoms with Gasteiger partial charge in [0.1, 0.15) is 11.5 Å². The summed E-state index contributed by atoms with van der Waals surface area (Å²) in [5.41, 5.74) is -0.0175. The highest BCUT2D eigenvalue weighted by molar-refractivity contribution is 5.63. The SMILES string of the molecule is COc1cc(O)cc(-c2ccc(C(F)(F)F)cn2)c1. The number of pyridine rings is 1. The Balaban J connectivity index is 2.40. The third-order valence-corrected chi connectivity index (χ3v) is 2.51. The molecule has 0 atom stereocenters. The summed E-state index contributed by atoms with van der Waals surface area (Å²) in [4.78, 5) is 3.75. The first-order valence-corrected chi connectivity index (χ1v) is 5.32. The van der Waals surface area contributed by atoms with Gasteiger partial charge in [-0.1, -0.05) is 0 Å². The molecular formula is C13H10F3NO2. The normalized spacial score (nSPS) is 11.4. The van der Waals surface area contributed by atoms with Gasteiger partial charge < -0.3 is 9.84 Å². The Morgan fingerprint density at radius 1 is 1.16 bits per heavy atom. The molecule has 0 radical (unpaired) electrons. The van der Waals surface area contributed by atoms with Gasteiger partial charge in [0.25, 0.3) is 0 Å². The van der Waals surface area contributed by atoms with Crippen molar-refractivity contribution in [2.45, 2.75) is 6.18 Å². The summed E-state index contributed by atoms with van der Waals surface area (Å²) < 4.78 is 42.2. The average Bonchev–Trinajstić information content (AvgIpc) is 2.37. The molecule has 1 aromatic carbocycles. The molecule has 100 valence electrons. The highest BCUT2D eigenvalue weighted by Gasteiger charge is 2.30. The first-order valence-electron chi connectivity index (χ1n) is 5.32. The van der Waals surface area contributed by atoms with E-state index in [1.807, 2.05) is 0 Å². The Morgan fingerprint density at radius 2 is 1.89 bits per heavy atom. The number of phenols is 1. The highest BCUT2D eigenvalue weighted by atomic mass is 19.4. The van der Waals surface area contributed by atoms with Gasteiger partial charge in [0.2, 0.25) is 0 Å². The number of phenolic OH excluding ortho intramolecular Hbond substituents is 1. The van der Waals surface area contributed by atoms with Crippen LogP contribution < -0.4 is 4.74 Å². The van der Waals surface area contributed by atoms with Gasteiger partial charge in [-0.05, 0) is 24.3 Å². The fraction of sp³-hybridized carbons (Fsp3) is 0.154. The van der Waals surface area contributed by atoms with E-state index in [0.717, 1.165) is 12.3 Å². The molecule has 0 spiro atoms. The standard InChI is InChI=1S/C13H10F3NO2/c1-19-11-5-8(4-10(18)6-11)12-3-2-9(7-17-12)13(14,15)16/h2-7,18H,1H3. The lowest BCUT2D eigenvalue weighted by atomic mass is 10.1. The maximum Gasteiger partial charge on any atom is 0.417 e. The van der Waals surface area contributed by atoms with Crippen LogP contribution in [0.25, 0.3) is 11.3 Å². The van der Waals surface area contributed by atoms with Crippen molar-refractivity contribution in [3.63, 3.8) is 0 Å². The Kier molecular flexibility index (Phi) is 3.33. The van der Waals surface area contributed by atoms with Crippen LogP contribution in [0.2, 0.25) is 0 Å². The number of nitrogens with zero attached hydrogens (tertiary/aromatic N) is 1. The van der Waals surface area contributed by atoms with E-state index in [1.165, 1.54) is 25.3 Å². The van der Waals surface area contributed by atoms with E-state index in [1.54, 1.807) is 6.07 Å². The third kappa shape index (κ3) is 2.96. The van der Waals surface area contributed by atoms with E-state index in [4.69, 9.17) is 4.74 Å². The number of rotatable bonds is 2. The highest BCUT2D eigenvalue weighted by Crippen LogP contribution is 2.31. The zero-order valence-corrected chi connectivity index (χ0v) is 9.90. The van der Waals surface area contributed by atoms with Crippen LogP contribution in [0.4, 0.5) is 13.2 Å². The minimum Gasteiger partial charge on any atom is -0.508 e. The molecule has 19 heavy (non-hydrogen) atoms. The molecule has 3 nitrogen and oxygen atoms in total. The monoisotopic (exact) mass is 269 g/mol. The molecule has 0 aliphatic carbocycles. The summed E-state index contributed by atoms with van der Waals surface area (Å²) in [6.07, 6.45) is -3.66. The van der Waals surface area contributed by atoms with Gasteiger partial charge >= 0.3 is 6.18 Å². The zero-order chi connectivity index (χ0) is 14.0. The summed E-state index contributed by atoms with van der Waals surface area (Å²) in [6.45, 7) is 0. The van der Waals surface area contributed by atoms with Gasteiger partial charge in [-0.2, -0.15) is 13.2 Å². The predicted molar refractivity (Wildman–Crippen MR) is 62.9 cm³/mol. The molecule has 0 aliphatic rings. The molecule has 1 heterocycles. The van der Waals surface area contributed by atoms with Crippen LogP contribution in [-0.4, -0.2) is 17.2 Å². The van der Waals surface area contributed by atoms with Crippen LogP contribution >= 0.6 is 0 Å². The second-order valence-corrected chi connectivity index (χ2v) is 3.85. The van der Waals surface area contributed by atoms with Gasteiger partial charge in [-0.15, -0.1) is 0 Å². The smallest absolute Gasteiger partial charge is 0.417 e. The Hall–Kier alpha value is -2.24. The Morgan fingerprint density at radius 3 is 2.42 bits per heavy atom. The quantitative estimate of drug-likeness (QED) is 0.907. The summed E-state index contributed by atoms with van der Waals surface area (Å²) in [7, 11) is 1.43. The second-order valence-electron chi connectivity index (χ2n) is 3.85. The second kappa shape index (κ2) is 4.79. The molecule has 0 aliphatic heterocycles. The maximum absolute atomic E-state index is 12.4. The van der Waals surface area contributed by atoms with E-state index >= 15 is 0 Å². The van der Waals surface area contributed by atoms with Gasteiger partial charge in [-0.3, -0.25) is 4.98 Å². The summed E-state index contributed by atoms with van der Waals surface area (Å²) >= 11 is 0. The summed E-state index contributed by atoms with van der Waals surface area (Å²) in [5, 5.41) is 9.48. The van der Waals surface area contributed by atoms with E-state index in [0.29, 0.717) is 17.0 Å². The van der Waals surface area contributed by atoms with Crippen molar-refractivity contribution in [3.05, 3.63) is 42.1 Å². The van der Waals surface area contributed by atoms with Crippen molar-refractivity contribution >= 4 is 0 Å². The van der Waals surface area contributed by atoms with Crippen LogP contribution in [0, 0.1) is 0 Å². The fourth-order valence-corrected chi connectivity index (χ4v) is 1.58. The number of hydrogen-bond acceptors (Lipinski definition) is 3. The minimum absolute atomic E-state index is 0.0453. The molecule has 2 aromatic rings. The topological polar surface area (TPSA) is 42.4 Å². The number of methoxy groups -OCH3 is 1. The molecule has 0 bridgehead atoms. The molecule has 0 amide bonds. The Labute approximate surface area is 107 Å². The number of hydrogen-bond donors (Lipinski definition) is 1. The summed E-state index contributed by atoms with van der Waals surface area (Å²) in [5.74, 6) is 0.354. The molecular weight excluding hydrogens is 259 g/mol. The van der Waals surface area contributed by atoms with Crippen molar-refractivity contribution in [1.82, 2.24) is 4.98 Å². The first-order chi connectivity index (χ1) is 8.90. The number of benzene rings is 1. The van der Waals surface area contributed by atoms with Gasteiger partial charge in [0.05, 0.1) is 18.4 Å². The molecule has 2 rings (SSSR count). The Bertz CT molecular complexity index is 579. The van der Waals surface area contributed by atoms with E-state index < -0.39 is 11.7 Å². The fourth-order valence-electron chi connectivity index (χ4n) is 1.58. The van der Waals surface area contributed by atoms with Crippen LogP contribution in [0.3, 0.4) is 0 Å². The lowest BCUT2D eigenvalue weighted by molar-refractivity contribution is -0.137. The lowest BCUT2D eigenvalue weighted by Gasteiger charge is -2.08. The van der Waals surface area contributed by atoms with Crippen LogP contribution in [0.1, 0.15) is 5.56 Å². The van der Waals surface area contributed by atoms with Gasteiger partial charge in [0.15, 0.2) is 0 Å². The molecule has 0 fully saturated rings. The molecule has 0 saturated heterocycles. The van der Waals surface area contributed by atoms with Crippen molar-refractivity contribution in [3.8, 4) is 22.8 Å². The number of aromatic nitrogens is 1. The predicted octanol–water partition coefficient (Wildman–Crippen LogP) is 3.48. The van der Waals surface area contributed by atoms with Gasteiger partial charge in [0, 0.05) is 17.8 Å². The van der Waals surface area contributed by atoms with Crippen molar-refractivity contribution in [2.24, 2.45) is 0 Å². The minimum atomic E-state index is -4.41. The molecule has 1 aromatic heterocycles. The number of halogens is 3. The third-order valence-electron chi connectivity index (χ3n) is 2.51. The van der Waals surface area contributed by atoms with E-state index in [-0.39, 0.29) is 5.75 Å². The largest absolute Gasteiger partial charge is 0.508 e. The molecule has 0 unspecified atom stereocenters. The van der Waals surface area contributed by atoms with Crippen molar-refractivity contribution < 1.29 is 23.0 Å². The first kappa shape index (κ1) is 13.2. The van der Waals surface area contributed by atoms with Crippen molar-refractivity contribution in [1.29, 1.82) is 0 Å². The van der Waals surface area contributed by atoms with E-state index in [2.05, 4.69) is 4.98 Å². The van der Waals surface area contributed by atoms with Crippen molar-refractivity contribution in [2.75, 3.05) is 7.11 Å². The molecule has 1 N–H and O–H groups in total. The average molecular weight is 269 g/mol. The zero-order valence-electron chi connectivity index (χ0n) is 9.90. The number of aromatic hydroxyl groups is 1. The van der Waals surface area contributed by atoms with Gasteiger partial charge in [-0.25, -0.2) is 0 Å². The maximum atomic E-state index is 12.4. The number of ether oxygens (including phenoxy) is 1. The van der Waals surface area contributed by atoms with Crippen LogP contribution in [0.5, 0.6) is 11.5 Å².